The SMILES string of the molecule is c1ccc(-c2nc(-c3ccccc3)nc(-c3ccc4oc5ccc(-c6ccc7oc8ccccc8c7c6)cc5c4c3)n2)cc1. The van der Waals surface area contributed by atoms with Crippen molar-refractivity contribution in [3.8, 4) is 45.3 Å². The van der Waals surface area contributed by atoms with Crippen LogP contribution in [0.15, 0.2) is 148 Å². The largest absolute Gasteiger partial charge is 0.456 e. The number of rotatable bonds is 4. The second-order valence-corrected chi connectivity index (χ2v) is 10.9. The van der Waals surface area contributed by atoms with Crippen LogP contribution in [0.4, 0.5) is 0 Å². The minimum absolute atomic E-state index is 0.613. The zero-order valence-corrected chi connectivity index (χ0v) is 23.4. The Labute approximate surface area is 252 Å². The predicted molar refractivity (Wildman–Crippen MR) is 176 cm³/mol. The van der Waals surface area contributed by atoms with Crippen molar-refractivity contribution in [2.75, 3.05) is 0 Å². The Hall–Kier alpha value is -6.07. The fraction of sp³-hybridized carbons (Fsp3) is 0. The summed E-state index contributed by atoms with van der Waals surface area (Å²) in [7, 11) is 0. The van der Waals surface area contributed by atoms with Crippen molar-refractivity contribution in [3.05, 3.63) is 140 Å². The molecule has 0 fully saturated rings. The third-order valence-electron chi connectivity index (χ3n) is 8.14. The van der Waals surface area contributed by atoms with Gasteiger partial charge >= 0.3 is 0 Å². The Morgan fingerprint density at radius 1 is 0.295 bits per heavy atom. The van der Waals surface area contributed by atoms with Crippen molar-refractivity contribution in [1.82, 2.24) is 15.0 Å². The van der Waals surface area contributed by atoms with Crippen LogP contribution in [0.25, 0.3) is 89.2 Å². The first kappa shape index (κ1) is 24.5. The van der Waals surface area contributed by atoms with E-state index >= 15 is 0 Å². The molecule has 206 valence electrons. The Bertz CT molecular complexity index is 2440. The smallest absolute Gasteiger partial charge is 0.164 e. The Kier molecular flexibility index (Phi) is 5.43. The number of benzene rings is 6. The van der Waals surface area contributed by atoms with Crippen LogP contribution < -0.4 is 0 Å². The molecule has 0 radical (unpaired) electrons. The van der Waals surface area contributed by atoms with Crippen molar-refractivity contribution in [2.45, 2.75) is 0 Å². The molecule has 3 heterocycles. The van der Waals surface area contributed by atoms with Gasteiger partial charge in [0, 0.05) is 38.2 Å². The molecule has 5 heteroatoms. The molecule has 6 aromatic carbocycles. The van der Waals surface area contributed by atoms with Crippen LogP contribution in [0.3, 0.4) is 0 Å². The predicted octanol–water partition coefficient (Wildman–Crippen LogP) is 10.3. The van der Waals surface area contributed by atoms with Crippen LogP contribution >= 0.6 is 0 Å². The summed E-state index contributed by atoms with van der Waals surface area (Å²) in [6, 6.07) is 47.1. The van der Waals surface area contributed by atoms with E-state index in [-0.39, 0.29) is 0 Å². The molecule has 0 saturated carbocycles. The topological polar surface area (TPSA) is 65.0 Å². The van der Waals surface area contributed by atoms with Crippen LogP contribution in [0, 0.1) is 0 Å². The molecule has 5 nitrogen and oxygen atoms in total. The molecule has 0 amide bonds. The molecule has 0 saturated heterocycles. The maximum atomic E-state index is 6.27. The molecule has 0 spiro atoms. The third-order valence-corrected chi connectivity index (χ3v) is 8.14. The van der Waals surface area contributed by atoms with E-state index in [0.29, 0.717) is 17.5 Å². The second kappa shape index (κ2) is 9.75. The molecule has 3 aromatic heterocycles. The lowest BCUT2D eigenvalue weighted by atomic mass is 10.00. The van der Waals surface area contributed by atoms with Gasteiger partial charge in [0.2, 0.25) is 0 Å². The van der Waals surface area contributed by atoms with E-state index in [4.69, 9.17) is 23.8 Å². The van der Waals surface area contributed by atoms with Crippen LogP contribution in [-0.4, -0.2) is 15.0 Å². The lowest BCUT2D eigenvalue weighted by molar-refractivity contribution is 0.668. The molecule has 0 aliphatic heterocycles. The van der Waals surface area contributed by atoms with Crippen molar-refractivity contribution < 1.29 is 8.83 Å². The van der Waals surface area contributed by atoms with Crippen molar-refractivity contribution in [1.29, 1.82) is 0 Å². The molecule has 9 aromatic rings. The molecule has 9 rings (SSSR count). The summed E-state index contributed by atoms with van der Waals surface area (Å²) < 4.78 is 12.3. The molecule has 44 heavy (non-hydrogen) atoms. The van der Waals surface area contributed by atoms with E-state index in [9.17, 15) is 0 Å². The van der Waals surface area contributed by atoms with Crippen LogP contribution in [0.2, 0.25) is 0 Å². The first-order valence-electron chi connectivity index (χ1n) is 14.5. The molecule has 0 N–H and O–H groups in total. The fourth-order valence-corrected chi connectivity index (χ4v) is 5.94. The maximum Gasteiger partial charge on any atom is 0.164 e. The van der Waals surface area contributed by atoms with Gasteiger partial charge in [-0.15, -0.1) is 0 Å². The molecular formula is C39H23N3O2. The normalized spacial score (nSPS) is 11.6. The summed E-state index contributed by atoms with van der Waals surface area (Å²) in [4.78, 5) is 14.7. The second-order valence-electron chi connectivity index (χ2n) is 10.9. The van der Waals surface area contributed by atoms with E-state index in [2.05, 4.69) is 42.5 Å². The average Bonchev–Trinajstić information content (AvgIpc) is 3.66. The molecule has 0 unspecified atom stereocenters. The highest BCUT2D eigenvalue weighted by molar-refractivity contribution is 6.09. The minimum Gasteiger partial charge on any atom is -0.456 e. The van der Waals surface area contributed by atoms with Crippen molar-refractivity contribution in [2.24, 2.45) is 0 Å². The zero-order chi connectivity index (χ0) is 29.0. The lowest BCUT2D eigenvalue weighted by Gasteiger charge is -2.08. The average molecular weight is 566 g/mol. The third kappa shape index (κ3) is 4.06. The van der Waals surface area contributed by atoms with Crippen molar-refractivity contribution >= 4 is 43.9 Å². The maximum absolute atomic E-state index is 6.27. The minimum atomic E-state index is 0.613. The number of furan rings is 2. The number of hydrogen-bond acceptors (Lipinski definition) is 5. The number of fused-ring (bicyclic) bond motifs is 6. The van der Waals surface area contributed by atoms with Gasteiger partial charge in [-0.3, -0.25) is 0 Å². The van der Waals surface area contributed by atoms with Gasteiger partial charge < -0.3 is 8.83 Å². The van der Waals surface area contributed by atoms with Gasteiger partial charge in [0.25, 0.3) is 0 Å². The van der Waals surface area contributed by atoms with Crippen LogP contribution in [0.1, 0.15) is 0 Å². The fourth-order valence-electron chi connectivity index (χ4n) is 5.94. The van der Waals surface area contributed by atoms with E-state index in [1.165, 1.54) is 0 Å². The molecule has 0 aliphatic rings. The summed E-state index contributed by atoms with van der Waals surface area (Å²) in [6.07, 6.45) is 0. The Morgan fingerprint density at radius 3 is 1.23 bits per heavy atom. The highest BCUT2D eigenvalue weighted by Crippen LogP contribution is 2.37. The van der Waals surface area contributed by atoms with Gasteiger partial charge in [-0.25, -0.2) is 15.0 Å². The van der Waals surface area contributed by atoms with Crippen LogP contribution in [-0.2, 0) is 0 Å². The van der Waals surface area contributed by atoms with Gasteiger partial charge in [0.15, 0.2) is 17.5 Å². The Balaban J connectivity index is 1.19. The lowest BCUT2D eigenvalue weighted by Crippen LogP contribution is -2.00. The van der Waals surface area contributed by atoms with E-state index in [1.54, 1.807) is 0 Å². The first-order valence-corrected chi connectivity index (χ1v) is 14.5. The summed E-state index contributed by atoms with van der Waals surface area (Å²) >= 11 is 0. The standard InChI is InChI=1S/C39H23N3O2/c1-3-9-24(10-4-1)37-40-38(25-11-5-2-6-12-25)42-39(41-37)28-17-20-36-32(23-28)31-22-27(16-19-35(31)44-36)26-15-18-34-30(21-26)29-13-7-8-14-33(29)43-34/h1-23H. The number of nitrogens with zero attached hydrogens (tertiary/aromatic N) is 3. The molecule has 0 aliphatic carbocycles. The number of para-hydroxylation sites is 1. The molecule has 0 atom stereocenters. The number of aromatic nitrogens is 3. The van der Waals surface area contributed by atoms with E-state index < -0.39 is 0 Å². The van der Waals surface area contributed by atoms with Gasteiger partial charge in [-0.1, -0.05) is 91.0 Å². The Morgan fingerprint density at radius 2 is 0.682 bits per heavy atom. The quantitative estimate of drug-likeness (QED) is 0.212. The van der Waals surface area contributed by atoms with Crippen molar-refractivity contribution in [3.63, 3.8) is 0 Å². The van der Waals surface area contributed by atoms with E-state index in [0.717, 1.165) is 71.7 Å². The van der Waals surface area contributed by atoms with Crippen LogP contribution in [0.5, 0.6) is 0 Å². The van der Waals surface area contributed by atoms with Gasteiger partial charge in [-0.05, 0) is 59.7 Å². The summed E-state index contributed by atoms with van der Waals surface area (Å²) in [5.41, 5.74) is 8.44. The molecular weight excluding hydrogens is 542 g/mol. The molecule has 0 bridgehead atoms. The highest BCUT2D eigenvalue weighted by atomic mass is 16.3. The van der Waals surface area contributed by atoms with Gasteiger partial charge in [0.1, 0.15) is 22.3 Å². The first-order chi connectivity index (χ1) is 21.8. The highest BCUT2D eigenvalue weighted by Gasteiger charge is 2.15. The zero-order valence-electron chi connectivity index (χ0n) is 23.4. The van der Waals surface area contributed by atoms with Gasteiger partial charge in [0.05, 0.1) is 0 Å². The summed E-state index contributed by atoms with van der Waals surface area (Å²) in [5.74, 6) is 1.88. The van der Waals surface area contributed by atoms with Gasteiger partial charge in [-0.2, -0.15) is 0 Å². The number of hydrogen-bond donors (Lipinski definition) is 0. The summed E-state index contributed by atoms with van der Waals surface area (Å²) in [6.45, 7) is 0. The summed E-state index contributed by atoms with van der Waals surface area (Å²) in [5, 5.41) is 4.27. The monoisotopic (exact) mass is 565 g/mol. The van der Waals surface area contributed by atoms with E-state index in [1.807, 2.05) is 97.1 Å².